The molecule has 0 aromatic heterocycles. The van der Waals surface area contributed by atoms with Crippen LogP contribution in [0.25, 0.3) is 0 Å². The zero-order valence-electron chi connectivity index (χ0n) is 10.8. The van der Waals surface area contributed by atoms with E-state index in [0.717, 1.165) is 11.8 Å². The molecule has 0 aliphatic heterocycles. The fourth-order valence-corrected chi connectivity index (χ4v) is 2.50. The van der Waals surface area contributed by atoms with Gasteiger partial charge in [0.2, 0.25) is 9.84 Å². The van der Waals surface area contributed by atoms with Crippen molar-refractivity contribution in [2.75, 3.05) is 0 Å². The highest BCUT2D eigenvalue weighted by Gasteiger charge is 2.20. The van der Waals surface area contributed by atoms with Gasteiger partial charge < -0.3 is 10.6 Å². The summed E-state index contributed by atoms with van der Waals surface area (Å²) in [4.78, 5) is -0.366. The van der Waals surface area contributed by atoms with Crippen LogP contribution < -0.4 is 10.6 Å². The number of nitrogens with one attached hydrogen (secondary N) is 2. The smallest absolute Gasteiger partial charge is 0.218 e. The van der Waals surface area contributed by atoms with Crippen LogP contribution in [0.1, 0.15) is 5.56 Å². The lowest BCUT2D eigenvalue weighted by molar-refractivity contribution is 0.603. The third-order valence-electron chi connectivity index (χ3n) is 2.30. The van der Waals surface area contributed by atoms with Crippen molar-refractivity contribution in [1.82, 2.24) is 10.6 Å². The first kappa shape index (κ1) is 15.9. The monoisotopic (exact) mass is 307 g/mol. The second-order valence-electron chi connectivity index (χ2n) is 3.76. The number of hydrogen-bond donors (Lipinski definition) is 2. The van der Waals surface area contributed by atoms with Crippen LogP contribution in [-0.2, 0) is 9.84 Å². The number of aryl methyl sites for hydroxylation is 1. The Morgan fingerprint density at radius 3 is 2.45 bits per heavy atom. The number of allylic oxidation sites excluding steroid dienone is 1. The van der Waals surface area contributed by atoms with E-state index >= 15 is 0 Å². The molecule has 2 N–H and O–H groups in total. The van der Waals surface area contributed by atoms with E-state index in [9.17, 15) is 8.42 Å². The molecule has 0 saturated carbocycles. The number of hydrogen-bond acceptors (Lipinski definition) is 4. The number of thiocarbonyl (C=S) groups is 1. The molecular formula is C13H13N3O2S2. The molecule has 0 fully saturated rings. The molecule has 1 aromatic rings. The Morgan fingerprint density at radius 2 is 1.95 bits per heavy atom. The maximum absolute atomic E-state index is 12.2. The summed E-state index contributed by atoms with van der Waals surface area (Å²) >= 11 is 4.83. The van der Waals surface area contributed by atoms with Crippen molar-refractivity contribution < 1.29 is 8.42 Å². The summed E-state index contributed by atoms with van der Waals surface area (Å²) in [5.41, 5.74) is 0.931. The van der Waals surface area contributed by atoms with Gasteiger partial charge in [-0.1, -0.05) is 24.3 Å². The Morgan fingerprint density at radius 1 is 1.35 bits per heavy atom. The van der Waals surface area contributed by atoms with Crippen molar-refractivity contribution in [2.45, 2.75) is 11.8 Å². The van der Waals surface area contributed by atoms with Gasteiger partial charge in [-0.05, 0) is 37.5 Å². The van der Waals surface area contributed by atoms with E-state index in [1.54, 1.807) is 18.2 Å². The third-order valence-corrected chi connectivity index (χ3v) is 4.22. The molecule has 0 bridgehead atoms. The van der Waals surface area contributed by atoms with Gasteiger partial charge in [-0.25, -0.2) is 8.42 Å². The summed E-state index contributed by atoms with van der Waals surface area (Å²) in [5.74, 6) is 0. The Hall–Kier alpha value is -2.17. The van der Waals surface area contributed by atoms with Gasteiger partial charge in [-0.3, -0.25) is 0 Å². The first-order valence-electron chi connectivity index (χ1n) is 5.51. The van der Waals surface area contributed by atoms with Crippen LogP contribution in [0.5, 0.6) is 0 Å². The SMILES string of the molecule is C=CNC(=S)N/C=C(/C#N)S(=O)(=O)c1ccc(C)cc1. The van der Waals surface area contributed by atoms with Crippen molar-refractivity contribution in [3.8, 4) is 6.07 Å². The maximum Gasteiger partial charge on any atom is 0.218 e. The molecule has 0 aliphatic carbocycles. The molecule has 0 heterocycles. The molecule has 0 saturated heterocycles. The highest BCUT2D eigenvalue weighted by Crippen LogP contribution is 2.18. The highest BCUT2D eigenvalue weighted by molar-refractivity contribution is 7.95. The number of benzene rings is 1. The molecule has 0 radical (unpaired) electrons. The predicted molar refractivity (Wildman–Crippen MR) is 81.1 cm³/mol. The molecule has 0 unspecified atom stereocenters. The van der Waals surface area contributed by atoms with Crippen molar-refractivity contribution in [1.29, 1.82) is 5.26 Å². The Labute approximate surface area is 123 Å². The lowest BCUT2D eigenvalue weighted by Gasteiger charge is -2.05. The molecule has 5 nitrogen and oxygen atoms in total. The first-order chi connectivity index (χ1) is 9.41. The van der Waals surface area contributed by atoms with Crippen LogP contribution in [0.15, 0.2) is 53.0 Å². The van der Waals surface area contributed by atoms with Gasteiger partial charge in [-0.15, -0.1) is 0 Å². The molecule has 0 aliphatic rings. The average Bonchev–Trinajstić information content (AvgIpc) is 2.40. The molecule has 0 amide bonds. The van der Waals surface area contributed by atoms with Crippen LogP contribution in [0, 0.1) is 18.3 Å². The first-order valence-corrected chi connectivity index (χ1v) is 7.41. The van der Waals surface area contributed by atoms with E-state index in [2.05, 4.69) is 17.2 Å². The zero-order valence-corrected chi connectivity index (χ0v) is 12.4. The third kappa shape index (κ3) is 3.91. The minimum Gasteiger partial charge on any atom is -0.340 e. The lowest BCUT2D eigenvalue weighted by Crippen LogP contribution is -2.28. The number of nitrogens with zero attached hydrogens (tertiary/aromatic N) is 1. The van der Waals surface area contributed by atoms with Gasteiger partial charge in [0, 0.05) is 6.20 Å². The number of sulfone groups is 1. The van der Waals surface area contributed by atoms with Crippen molar-refractivity contribution in [3.63, 3.8) is 0 Å². The summed E-state index contributed by atoms with van der Waals surface area (Å²) in [7, 11) is -3.85. The van der Waals surface area contributed by atoms with E-state index in [4.69, 9.17) is 17.5 Å². The Kier molecular flexibility index (Phi) is 5.43. The van der Waals surface area contributed by atoms with E-state index in [-0.39, 0.29) is 10.0 Å². The van der Waals surface area contributed by atoms with E-state index < -0.39 is 14.7 Å². The minimum absolute atomic E-state index is 0.0558. The fourth-order valence-electron chi connectivity index (χ4n) is 1.28. The largest absolute Gasteiger partial charge is 0.340 e. The molecule has 1 aromatic carbocycles. The summed E-state index contributed by atoms with van der Waals surface area (Å²) in [6.07, 6.45) is 2.39. The van der Waals surface area contributed by atoms with Crippen molar-refractivity contribution in [2.24, 2.45) is 0 Å². The van der Waals surface area contributed by atoms with Crippen LogP contribution in [-0.4, -0.2) is 13.5 Å². The maximum atomic E-state index is 12.2. The van der Waals surface area contributed by atoms with Gasteiger partial charge in [0.05, 0.1) is 4.90 Å². The average molecular weight is 307 g/mol. The Bertz CT molecular complexity index is 683. The topological polar surface area (TPSA) is 82.0 Å². The second kappa shape index (κ2) is 6.84. The normalized spacial score (nSPS) is 11.3. The van der Waals surface area contributed by atoms with Gasteiger partial charge in [0.15, 0.2) is 10.0 Å². The molecule has 7 heteroatoms. The molecule has 20 heavy (non-hydrogen) atoms. The van der Waals surface area contributed by atoms with Gasteiger partial charge in [-0.2, -0.15) is 5.26 Å². The van der Waals surface area contributed by atoms with Crippen LogP contribution in [0.2, 0.25) is 0 Å². The molecule has 104 valence electrons. The Balaban J connectivity index is 3.08. The van der Waals surface area contributed by atoms with Gasteiger partial charge in [0.1, 0.15) is 6.07 Å². The summed E-state index contributed by atoms with van der Waals surface area (Å²) in [5, 5.41) is 14.2. The van der Waals surface area contributed by atoms with Crippen molar-refractivity contribution in [3.05, 3.63) is 53.7 Å². The molecule has 0 spiro atoms. The van der Waals surface area contributed by atoms with E-state index in [0.29, 0.717) is 0 Å². The van der Waals surface area contributed by atoms with Gasteiger partial charge >= 0.3 is 0 Å². The van der Waals surface area contributed by atoms with Gasteiger partial charge in [0.25, 0.3) is 0 Å². The number of rotatable bonds is 4. The van der Waals surface area contributed by atoms with Crippen LogP contribution in [0.4, 0.5) is 0 Å². The summed E-state index contributed by atoms with van der Waals surface area (Å²) < 4.78 is 24.5. The van der Waals surface area contributed by atoms with Crippen molar-refractivity contribution >= 4 is 27.2 Å². The molecular weight excluding hydrogens is 294 g/mol. The van der Waals surface area contributed by atoms with Crippen LogP contribution >= 0.6 is 12.2 Å². The van der Waals surface area contributed by atoms with E-state index in [1.165, 1.54) is 18.3 Å². The quantitative estimate of drug-likeness (QED) is 0.651. The minimum atomic E-state index is -3.85. The molecule has 1 rings (SSSR count). The fraction of sp³-hybridized carbons (Fsp3) is 0.0769. The lowest BCUT2D eigenvalue weighted by atomic mass is 10.2. The summed E-state index contributed by atoms with van der Waals surface area (Å²) in [6, 6.07) is 7.89. The summed E-state index contributed by atoms with van der Waals surface area (Å²) in [6.45, 7) is 5.26. The predicted octanol–water partition coefficient (Wildman–Crippen LogP) is 1.74. The standard InChI is InChI=1S/C13H13N3O2S2/c1-3-15-13(19)16-9-12(8-14)20(17,18)11-6-4-10(2)5-7-11/h3-7,9H,1H2,2H3,(H2,15,16,19)/b12-9-. The van der Waals surface area contributed by atoms with E-state index in [1.807, 2.05) is 6.92 Å². The van der Waals surface area contributed by atoms with Crippen LogP contribution in [0.3, 0.4) is 0 Å². The number of nitriles is 1. The molecule has 0 atom stereocenters. The second-order valence-corrected chi connectivity index (χ2v) is 6.09. The zero-order chi connectivity index (χ0) is 15.2. The highest BCUT2D eigenvalue weighted by atomic mass is 32.2.